The molecule has 0 unspecified atom stereocenters. The van der Waals surface area contributed by atoms with E-state index >= 15 is 0 Å². The fourth-order valence-electron chi connectivity index (χ4n) is 0.465. The molecule has 0 N–H and O–H groups in total. The van der Waals surface area contributed by atoms with Gasteiger partial charge in [0.15, 0.2) is 0 Å². The van der Waals surface area contributed by atoms with Gasteiger partial charge in [0.2, 0.25) is 0 Å². The van der Waals surface area contributed by atoms with Gasteiger partial charge in [-0.3, -0.25) is 0 Å². The van der Waals surface area contributed by atoms with E-state index in [4.69, 9.17) is 7.58 Å². The molecule has 0 fully saturated rings. The van der Waals surface area contributed by atoms with Crippen molar-refractivity contribution in [2.75, 3.05) is 13.2 Å². The molecule has 80 valence electrons. The molecule has 13 heavy (non-hydrogen) atoms. The van der Waals surface area contributed by atoms with Gasteiger partial charge in [-0.25, -0.2) is 0 Å². The lowest BCUT2D eigenvalue weighted by Gasteiger charge is -2.00. The van der Waals surface area contributed by atoms with Gasteiger partial charge >= 0.3 is 15.9 Å². The molecule has 0 heterocycles. The summed E-state index contributed by atoms with van der Waals surface area (Å²) >= 11 is -0.611. The van der Waals surface area contributed by atoms with Crippen molar-refractivity contribution in [1.29, 1.82) is 0 Å². The van der Waals surface area contributed by atoms with Gasteiger partial charge in [-0.1, -0.05) is 33.5 Å². The molecular weight excluding hydrogens is 195 g/mol. The Morgan fingerprint density at radius 2 is 1.23 bits per heavy atom. The van der Waals surface area contributed by atoms with E-state index in [1.54, 1.807) is 0 Å². The molecule has 0 aliphatic rings. The van der Waals surface area contributed by atoms with Crippen LogP contribution in [0, 0.1) is 0 Å². The Morgan fingerprint density at radius 1 is 0.923 bits per heavy atom. The Morgan fingerprint density at radius 3 is 1.46 bits per heavy atom. The monoisotopic (exact) mass is 220 g/mol. The summed E-state index contributed by atoms with van der Waals surface area (Å²) in [6.07, 6.45) is 2.20. The minimum Gasteiger partial charge on any atom is -0.481 e. The molecule has 4 heteroatoms. The summed E-state index contributed by atoms with van der Waals surface area (Å²) < 4.78 is 10.4. The van der Waals surface area contributed by atoms with Gasteiger partial charge in [-0.05, 0) is 12.8 Å². The van der Waals surface area contributed by atoms with Gasteiger partial charge in [0.05, 0.1) is 0 Å². The van der Waals surface area contributed by atoms with E-state index in [0.717, 1.165) is 26.1 Å². The molecule has 0 rings (SSSR count). The zero-order valence-electron chi connectivity index (χ0n) is 9.93. The zero-order chi connectivity index (χ0) is 10.5. The van der Waals surface area contributed by atoms with Crippen LogP contribution >= 0.6 is 0 Å². The highest BCUT2D eigenvalue weighted by Gasteiger charge is 1.92. The van der Waals surface area contributed by atoms with E-state index in [-0.39, 0.29) is 8.80 Å². The highest BCUT2D eigenvalue weighted by atomic mass is 28.3. The normalized spacial score (nSPS) is 9.38. The first-order valence-electron chi connectivity index (χ1n) is 5.30. The lowest BCUT2D eigenvalue weighted by molar-refractivity contribution is 0.222. The smallest absolute Gasteiger partial charge is 0.481 e. The molecule has 2 nitrogen and oxygen atoms in total. The molecule has 0 aliphatic carbocycles. The van der Waals surface area contributed by atoms with E-state index < -0.39 is 15.9 Å². The summed E-state index contributed by atoms with van der Waals surface area (Å²) in [4.78, 5) is 0. The molecule has 0 atom stereocenters. The number of hydrogen-bond acceptors (Lipinski definition) is 2. The average Bonchev–Trinajstić information content (AvgIpc) is 2.03. The van der Waals surface area contributed by atoms with Gasteiger partial charge < -0.3 is 7.58 Å². The van der Waals surface area contributed by atoms with Crippen LogP contribution in [0.15, 0.2) is 0 Å². The molecule has 0 saturated carbocycles. The van der Waals surface area contributed by atoms with Crippen LogP contribution in [0.25, 0.3) is 0 Å². The second-order valence-electron chi connectivity index (χ2n) is 3.67. The maximum Gasteiger partial charge on any atom is 0.649 e. The first-order valence-corrected chi connectivity index (χ1v) is 9.92. The standard InChI is InChI=1S/2C3H7O.C3H10Si.Al.H/c2*1-2-3-4;1-4(2)3;;/h2*2-3H2,1H3;4H,1-3H3;;/q2*-1;;+2;. The first-order chi connectivity index (χ1) is 6.15. The van der Waals surface area contributed by atoms with Crippen molar-refractivity contribution < 1.29 is 7.58 Å². The molecular formula is C9H25AlO2Si. The van der Waals surface area contributed by atoms with Crippen LogP contribution in [0.3, 0.4) is 0 Å². The summed E-state index contributed by atoms with van der Waals surface area (Å²) in [5, 5.41) is 0. The molecule has 0 amide bonds. The van der Waals surface area contributed by atoms with E-state index in [2.05, 4.69) is 33.5 Å². The first kappa shape index (κ1) is 16.1. The lowest BCUT2D eigenvalue weighted by atomic mass is 10.5. The molecule has 0 aliphatic heterocycles. The maximum atomic E-state index is 5.20. The van der Waals surface area contributed by atoms with Crippen molar-refractivity contribution in [3.8, 4) is 0 Å². The van der Waals surface area contributed by atoms with Crippen molar-refractivity contribution in [3.63, 3.8) is 0 Å². The van der Waals surface area contributed by atoms with Crippen LogP contribution in [0.5, 0.6) is 0 Å². The predicted molar refractivity (Wildman–Crippen MR) is 64.4 cm³/mol. The summed E-state index contributed by atoms with van der Waals surface area (Å²) in [6, 6.07) is 0. The molecule has 0 saturated heterocycles. The van der Waals surface area contributed by atoms with Crippen LogP contribution in [0.4, 0.5) is 0 Å². The van der Waals surface area contributed by atoms with Crippen molar-refractivity contribution in [2.45, 2.75) is 46.3 Å². The quantitative estimate of drug-likeness (QED) is 0.505. The maximum absolute atomic E-state index is 5.20. The number of rotatable bonds is 6. The lowest BCUT2D eigenvalue weighted by Crippen LogP contribution is -2.05. The van der Waals surface area contributed by atoms with Crippen LogP contribution in [0.1, 0.15) is 26.7 Å². The Labute approximate surface area is 92.0 Å². The third-order valence-corrected chi connectivity index (χ3v) is 1.77. The second kappa shape index (κ2) is 15.2. The second-order valence-corrected chi connectivity index (χ2v) is 8.18. The molecule has 0 aromatic carbocycles. The SMILES string of the molecule is CCC[O][AlH][O]CCC.C[SiH](C)C. The van der Waals surface area contributed by atoms with Crippen LogP contribution < -0.4 is 0 Å². The summed E-state index contributed by atoms with van der Waals surface area (Å²) in [6.45, 7) is 12.9. The zero-order valence-corrected chi connectivity index (χ0v) is 12.5. The van der Waals surface area contributed by atoms with Crippen molar-refractivity contribution in [3.05, 3.63) is 0 Å². The van der Waals surface area contributed by atoms with Crippen LogP contribution in [-0.4, -0.2) is 37.9 Å². The van der Waals surface area contributed by atoms with Crippen molar-refractivity contribution in [1.82, 2.24) is 0 Å². The van der Waals surface area contributed by atoms with Gasteiger partial charge in [0.25, 0.3) is 0 Å². The summed E-state index contributed by atoms with van der Waals surface area (Å²) in [5.74, 6) is 0. The molecule has 0 spiro atoms. The summed E-state index contributed by atoms with van der Waals surface area (Å²) in [7, 11) is -0.139. The third kappa shape index (κ3) is 32.4. The predicted octanol–water partition coefficient (Wildman–Crippen LogP) is 2.21. The topological polar surface area (TPSA) is 18.5 Å². The number of hydrogen-bond donors (Lipinski definition) is 0. The van der Waals surface area contributed by atoms with Crippen molar-refractivity contribution in [2.24, 2.45) is 0 Å². The van der Waals surface area contributed by atoms with E-state index in [0.29, 0.717) is 0 Å². The van der Waals surface area contributed by atoms with E-state index in [9.17, 15) is 0 Å². The minimum absolute atomic E-state index is 0.139. The molecule has 0 aromatic rings. The Balaban J connectivity index is 0. The molecule has 0 aromatic heterocycles. The fraction of sp³-hybridized carbons (Fsp3) is 1.00. The highest BCUT2D eigenvalue weighted by molar-refractivity contribution is 6.54. The Bertz CT molecular complexity index is 73.3. The highest BCUT2D eigenvalue weighted by Crippen LogP contribution is 1.81. The van der Waals surface area contributed by atoms with Crippen LogP contribution in [0.2, 0.25) is 19.6 Å². The summed E-state index contributed by atoms with van der Waals surface area (Å²) in [5.41, 5.74) is 0. The van der Waals surface area contributed by atoms with Crippen molar-refractivity contribution >= 4 is 24.7 Å². The fourth-order valence-corrected chi connectivity index (χ4v) is 1.40. The van der Waals surface area contributed by atoms with E-state index in [1.807, 2.05) is 0 Å². The third-order valence-electron chi connectivity index (χ3n) is 0.864. The average molecular weight is 220 g/mol. The molecule has 0 bridgehead atoms. The van der Waals surface area contributed by atoms with Crippen LogP contribution in [-0.2, 0) is 7.58 Å². The minimum atomic E-state index is -0.611. The Hall–Kier alpha value is 0.669. The van der Waals surface area contributed by atoms with Gasteiger partial charge in [-0.2, -0.15) is 0 Å². The largest absolute Gasteiger partial charge is 0.649 e. The van der Waals surface area contributed by atoms with E-state index in [1.165, 1.54) is 0 Å². The van der Waals surface area contributed by atoms with Gasteiger partial charge in [0.1, 0.15) is 0 Å². The molecule has 0 radical (unpaired) electrons. The van der Waals surface area contributed by atoms with Gasteiger partial charge in [-0.15, -0.1) is 0 Å². The Kier molecular flexibility index (Phi) is 18.8. The van der Waals surface area contributed by atoms with Gasteiger partial charge in [0, 0.05) is 22.0 Å².